The Labute approximate surface area is 85.9 Å². The van der Waals surface area contributed by atoms with Gasteiger partial charge in [0.25, 0.3) is 0 Å². The van der Waals surface area contributed by atoms with Crippen LogP contribution >= 0.6 is 11.8 Å². The number of primary amides is 1. The van der Waals surface area contributed by atoms with E-state index in [2.05, 4.69) is 11.2 Å². The van der Waals surface area contributed by atoms with Crippen LogP contribution < -0.4 is 5.73 Å². The van der Waals surface area contributed by atoms with E-state index >= 15 is 0 Å². The number of carbonyl (C=O) groups is 1. The van der Waals surface area contributed by atoms with Crippen LogP contribution in [0, 0.1) is 18.3 Å². The third-order valence-corrected chi connectivity index (χ3v) is 2.80. The van der Waals surface area contributed by atoms with Crippen LogP contribution in [-0.2, 0) is 11.8 Å². The molecule has 14 heavy (non-hydrogen) atoms. The Hall–Kier alpha value is -1.48. The number of amides is 1. The largest absolute Gasteiger partial charge is 0.369 e. The topological polar surface area (TPSA) is 84.7 Å². The molecule has 2 N–H and O–H groups in total. The molecule has 0 aromatic carbocycles. The van der Waals surface area contributed by atoms with E-state index in [1.54, 1.807) is 18.7 Å². The number of hydrogen-bond donors (Lipinski definition) is 1. The number of nitrogens with zero attached hydrogens (tertiary/aromatic N) is 3. The van der Waals surface area contributed by atoms with Gasteiger partial charge < -0.3 is 5.73 Å². The maximum absolute atomic E-state index is 10.6. The first-order valence-electron chi connectivity index (χ1n) is 3.91. The lowest BCUT2D eigenvalue weighted by atomic mass is 10.3. The SMILES string of the molecule is Cc1nn(C)c(SCC(N)=O)c1C#N. The molecular formula is C8H10N4OS. The first kappa shape index (κ1) is 10.6. The quantitative estimate of drug-likeness (QED) is 0.721. The molecule has 1 aromatic rings. The molecule has 0 aliphatic rings. The highest BCUT2D eigenvalue weighted by Crippen LogP contribution is 2.23. The molecule has 0 saturated heterocycles. The van der Waals surface area contributed by atoms with E-state index in [9.17, 15) is 4.79 Å². The van der Waals surface area contributed by atoms with E-state index in [1.807, 2.05) is 0 Å². The van der Waals surface area contributed by atoms with Crippen molar-refractivity contribution in [3.05, 3.63) is 11.3 Å². The second kappa shape index (κ2) is 4.15. The summed E-state index contributed by atoms with van der Waals surface area (Å²) in [5.41, 5.74) is 6.20. The van der Waals surface area contributed by atoms with E-state index in [-0.39, 0.29) is 5.75 Å². The number of aryl methyl sites for hydroxylation is 2. The monoisotopic (exact) mass is 210 g/mol. The highest BCUT2D eigenvalue weighted by atomic mass is 32.2. The number of aromatic nitrogens is 2. The Morgan fingerprint density at radius 1 is 1.79 bits per heavy atom. The summed E-state index contributed by atoms with van der Waals surface area (Å²) in [5, 5.41) is 13.6. The Morgan fingerprint density at radius 3 is 2.93 bits per heavy atom. The summed E-state index contributed by atoms with van der Waals surface area (Å²) in [7, 11) is 1.73. The van der Waals surface area contributed by atoms with Gasteiger partial charge in [-0.15, -0.1) is 0 Å². The second-order valence-electron chi connectivity index (χ2n) is 2.76. The van der Waals surface area contributed by atoms with Crippen LogP contribution in [0.1, 0.15) is 11.3 Å². The number of thioether (sulfide) groups is 1. The zero-order valence-electron chi connectivity index (χ0n) is 7.94. The molecule has 0 saturated carbocycles. The molecule has 1 rings (SSSR count). The average molecular weight is 210 g/mol. The first-order valence-corrected chi connectivity index (χ1v) is 4.89. The smallest absolute Gasteiger partial charge is 0.227 e. The molecule has 0 radical (unpaired) electrons. The minimum absolute atomic E-state index is 0.160. The normalized spacial score (nSPS) is 9.79. The number of nitrogens with two attached hydrogens (primary N) is 1. The molecule has 0 fully saturated rings. The molecule has 0 unspecified atom stereocenters. The van der Waals surface area contributed by atoms with Crippen molar-refractivity contribution in [3.8, 4) is 6.07 Å². The zero-order valence-corrected chi connectivity index (χ0v) is 8.76. The minimum atomic E-state index is -0.405. The van der Waals surface area contributed by atoms with Gasteiger partial charge in [0, 0.05) is 7.05 Å². The summed E-state index contributed by atoms with van der Waals surface area (Å²) in [5.74, 6) is -0.244. The summed E-state index contributed by atoms with van der Waals surface area (Å²) in [6.07, 6.45) is 0. The van der Waals surface area contributed by atoms with Gasteiger partial charge in [-0.25, -0.2) is 0 Å². The molecule has 74 valence electrons. The summed E-state index contributed by atoms with van der Waals surface area (Å²) in [4.78, 5) is 10.6. The van der Waals surface area contributed by atoms with Gasteiger partial charge in [-0.1, -0.05) is 11.8 Å². The van der Waals surface area contributed by atoms with Gasteiger partial charge in [0.15, 0.2) is 0 Å². The highest BCUT2D eigenvalue weighted by molar-refractivity contribution is 8.00. The van der Waals surface area contributed by atoms with E-state index < -0.39 is 5.91 Å². The predicted molar refractivity (Wildman–Crippen MR) is 52.6 cm³/mol. The van der Waals surface area contributed by atoms with Crippen LogP contribution in [0.3, 0.4) is 0 Å². The predicted octanol–water partition coefficient (Wildman–Crippen LogP) is 0.178. The van der Waals surface area contributed by atoms with E-state index in [1.165, 1.54) is 11.8 Å². The molecular weight excluding hydrogens is 200 g/mol. The van der Waals surface area contributed by atoms with E-state index in [4.69, 9.17) is 11.0 Å². The Balaban J connectivity index is 2.96. The fraction of sp³-hybridized carbons (Fsp3) is 0.375. The number of hydrogen-bond acceptors (Lipinski definition) is 4. The van der Waals surface area contributed by atoms with Crippen molar-refractivity contribution in [3.63, 3.8) is 0 Å². The van der Waals surface area contributed by atoms with Gasteiger partial charge >= 0.3 is 0 Å². The molecule has 1 aromatic heterocycles. The Bertz CT molecular complexity index is 404. The minimum Gasteiger partial charge on any atom is -0.369 e. The number of nitriles is 1. The molecule has 1 heterocycles. The van der Waals surface area contributed by atoms with Gasteiger partial charge in [-0.2, -0.15) is 10.4 Å². The maximum Gasteiger partial charge on any atom is 0.227 e. The summed E-state index contributed by atoms with van der Waals surface area (Å²) in [6.45, 7) is 1.76. The first-order chi connectivity index (χ1) is 6.56. The van der Waals surface area contributed by atoms with Gasteiger partial charge in [0.05, 0.1) is 11.4 Å². The zero-order chi connectivity index (χ0) is 10.7. The van der Waals surface area contributed by atoms with Crippen molar-refractivity contribution >= 4 is 17.7 Å². The fourth-order valence-corrected chi connectivity index (χ4v) is 1.92. The van der Waals surface area contributed by atoms with E-state index in [0.29, 0.717) is 16.3 Å². The number of rotatable bonds is 3. The lowest BCUT2D eigenvalue weighted by Gasteiger charge is -1.99. The van der Waals surface area contributed by atoms with Crippen LogP contribution in [0.2, 0.25) is 0 Å². The number of carbonyl (C=O) groups excluding carboxylic acids is 1. The highest BCUT2D eigenvalue weighted by Gasteiger charge is 2.13. The van der Waals surface area contributed by atoms with Crippen LogP contribution in [0.4, 0.5) is 0 Å². The maximum atomic E-state index is 10.6. The van der Waals surface area contributed by atoms with Gasteiger partial charge in [0.1, 0.15) is 16.7 Å². The summed E-state index contributed by atoms with van der Waals surface area (Å²) in [6, 6.07) is 2.05. The van der Waals surface area contributed by atoms with Gasteiger partial charge in [0.2, 0.25) is 5.91 Å². The van der Waals surface area contributed by atoms with Gasteiger partial charge in [-0.3, -0.25) is 9.48 Å². The molecule has 0 aliphatic heterocycles. The summed E-state index contributed by atoms with van der Waals surface area (Å²) < 4.78 is 1.58. The van der Waals surface area contributed by atoms with Crippen molar-refractivity contribution in [2.75, 3.05) is 5.75 Å². The third kappa shape index (κ3) is 2.06. The standard InChI is InChI=1S/C8H10N4OS/c1-5-6(3-9)8(12(2)11-5)14-4-7(10)13/h4H2,1-2H3,(H2,10,13). The molecule has 0 atom stereocenters. The van der Waals surface area contributed by atoms with Crippen molar-refractivity contribution in [2.45, 2.75) is 11.9 Å². The second-order valence-corrected chi connectivity index (χ2v) is 3.72. The Morgan fingerprint density at radius 2 is 2.43 bits per heavy atom. The van der Waals surface area contributed by atoms with Crippen molar-refractivity contribution < 1.29 is 4.79 Å². The van der Waals surface area contributed by atoms with Crippen molar-refractivity contribution in [1.82, 2.24) is 9.78 Å². The third-order valence-electron chi connectivity index (χ3n) is 1.63. The lowest BCUT2D eigenvalue weighted by molar-refractivity contribution is -0.115. The van der Waals surface area contributed by atoms with E-state index in [0.717, 1.165) is 0 Å². The molecule has 0 aliphatic carbocycles. The molecule has 6 heteroatoms. The lowest BCUT2D eigenvalue weighted by Crippen LogP contribution is -2.13. The fourth-order valence-electron chi connectivity index (χ4n) is 1.07. The van der Waals surface area contributed by atoms with Crippen LogP contribution in [0.5, 0.6) is 0 Å². The molecule has 0 bridgehead atoms. The molecule has 5 nitrogen and oxygen atoms in total. The van der Waals surface area contributed by atoms with Crippen LogP contribution in [0.15, 0.2) is 5.03 Å². The van der Waals surface area contributed by atoms with Crippen LogP contribution in [-0.4, -0.2) is 21.4 Å². The average Bonchev–Trinajstić information content (AvgIpc) is 2.36. The summed E-state index contributed by atoms with van der Waals surface area (Å²) >= 11 is 1.23. The Kier molecular flexibility index (Phi) is 3.14. The van der Waals surface area contributed by atoms with Crippen molar-refractivity contribution in [2.24, 2.45) is 12.8 Å². The van der Waals surface area contributed by atoms with Crippen molar-refractivity contribution in [1.29, 1.82) is 5.26 Å². The van der Waals surface area contributed by atoms with Crippen LogP contribution in [0.25, 0.3) is 0 Å². The molecule has 0 spiro atoms. The van der Waals surface area contributed by atoms with Gasteiger partial charge in [-0.05, 0) is 6.92 Å². The molecule has 1 amide bonds.